The van der Waals surface area contributed by atoms with E-state index in [1.54, 1.807) is 7.11 Å². The molecule has 1 N–H and O–H groups in total. The maximum atomic E-state index is 12.3. The number of carbonyl (C=O) groups is 1. The highest BCUT2D eigenvalue weighted by Gasteiger charge is 2.19. The fourth-order valence-corrected chi connectivity index (χ4v) is 3.47. The molecule has 1 saturated heterocycles. The van der Waals surface area contributed by atoms with Crippen LogP contribution in [0.25, 0.3) is 0 Å². The van der Waals surface area contributed by atoms with Gasteiger partial charge in [-0.05, 0) is 30.7 Å². The summed E-state index contributed by atoms with van der Waals surface area (Å²) in [6, 6.07) is 15.5. The Morgan fingerprint density at radius 1 is 1.10 bits per heavy atom. The number of nitrogens with one attached hydrogen (secondary N) is 1. The highest BCUT2D eigenvalue weighted by atomic mass is 35.5. The number of nitrogens with zero attached hydrogens (tertiary/aromatic N) is 3. The molecular formula is C22H27ClN4O2. The lowest BCUT2D eigenvalue weighted by Crippen LogP contribution is -2.48. The van der Waals surface area contributed by atoms with Crippen LogP contribution in [0.3, 0.4) is 0 Å². The molecule has 2 aromatic rings. The maximum absolute atomic E-state index is 12.3. The molecule has 0 radical (unpaired) electrons. The van der Waals surface area contributed by atoms with E-state index in [1.165, 1.54) is 0 Å². The Kier molecular flexibility index (Phi) is 7.63. The number of piperazine rings is 1. The third-order valence-corrected chi connectivity index (χ3v) is 5.39. The molecule has 6 nitrogen and oxygen atoms in total. The van der Waals surface area contributed by atoms with E-state index in [2.05, 4.69) is 26.4 Å². The largest absolute Gasteiger partial charge is 0.497 e. The molecule has 3 rings (SSSR count). The number of halogens is 1. The first kappa shape index (κ1) is 21.3. The number of amides is 1. The third kappa shape index (κ3) is 6.29. The summed E-state index contributed by atoms with van der Waals surface area (Å²) in [6.45, 7) is 6.54. The molecule has 1 fully saturated rings. The van der Waals surface area contributed by atoms with Gasteiger partial charge in [-0.3, -0.25) is 14.6 Å². The molecule has 1 heterocycles. The van der Waals surface area contributed by atoms with Crippen molar-refractivity contribution in [1.82, 2.24) is 15.2 Å². The summed E-state index contributed by atoms with van der Waals surface area (Å²) in [5.41, 5.74) is 5.45. The first-order chi connectivity index (χ1) is 14.0. The number of rotatable bonds is 7. The van der Waals surface area contributed by atoms with Crippen LogP contribution in [0.1, 0.15) is 18.1 Å². The minimum atomic E-state index is -0.105. The summed E-state index contributed by atoms with van der Waals surface area (Å²) < 4.78 is 5.22. The van der Waals surface area contributed by atoms with Crippen molar-refractivity contribution in [3.05, 3.63) is 64.7 Å². The van der Waals surface area contributed by atoms with Gasteiger partial charge in [-0.2, -0.15) is 5.10 Å². The lowest BCUT2D eigenvalue weighted by molar-refractivity contribution is -0.122. The molecule has 0 bridgehead atoms. The van der Waals surface area contributed by atoms with Gasteiger partial charge < -0.3 is 4.74 Å². The van der Waals surface area contributed by atoms with Gasteiger partial charge in [0.05, 0.1) is 19.4 Å². The number of ether oxygens (including phenoxy) is 1. The number of carbonyl (C=O) groups excluding carboxylic acids is 1. The SMILES string of the molecule is COc1cccc(/C(C)=N/NC(=O)CN2CCN(Cc3ccccc3Cl)CC2)c1. The predicted octanol–water partition coefficient (Wildman–Crippen LogP) is 3.01. The fourth-order valence-electron chi connectivity index (χ4n) is 3.27. The van der Waals surface area contributed by atoms with Crippen LogP contribution in [-0.2, 0) is 11.3 Å². The first-order valence-corrected chi connectivity index (χ1v) is 10.1. The Bertz CT molecular complexity index is 863. The van der Waals surface area contributed by atoms with Crippen LogP contribution >= 0.6 is 11.6 Å². The Hall–Kier alpha value is -2.41. The van der Waals surface area contributed by atoms with Crippen molar-refractivity contribution in [1.29, 1.82) is 0 Å². The van der Waals surface area contributed by atoms with Crippen LogP contribution in [0.4, 0.5) is 0 Å². The van der Waals surface area contributed by atoms with E-state index in [-0.39, 0.29) is 5.91 Å². The van der Waals surface area contributed by atoms with Crippen LogP contribution in [0, 0.1) is 0 Å². The van der Waals surface area contributed by atoms with Crippen molar-refractivity contribution in [2.45, 2.75) is 13.5 Å². The van der Waals surface area contributed by atoms with Gasteiger partial charge >= 0.3 is 0 Å². The normalized spacial score (nSPS) is 15.9. The molecule has 0 atom stereocenters. The number of benzene rings is 2. The topological polar surface area (TPSA) is 57.2 Å². The molecule has 1 aliphatic rings. The molecule has 154 valence electrons. The zero-order valence-electron chi connectivity index (χ0n) is 16.9. The minimum absolute atomic E-state index is 0.105. The average Bonchev–Trinajstić information content (AvgIpc) is 2.75. The maximum Gasteiger partial charge on any atom is 0.254 e. The standard InChI is InChI=1S/C22H27ClN4O2/c1-17(18-7-5-8-20(14-18)29-2)24-25-22(28)16-27-12-10-26(11-13-27)15-19-6-3-4-9-21(19)23/h3-9,14H,10-13,15-16H2,1-2H3,(H,25,28)/b24-17+. The van der Waals surface area contributed by atoms with Crippen LogP contribution < -0.4 is 10.2 Å². The van der Waals surface area contributed by atoms with Crippen LogP contribution in [0.5, 0.6) is 5.75 Å². The molecule has 29 heavy (non-hydrogen) atoms. The zero-order chi connectivity index (χ0) is 20.6. The van der Waals surface area contributed by atoms with Crippen molar-refractivity contribution in [3.8, 4) is 5.75 Å². The molecule has 2 aromatic carbocycles. The van der Waals surface area contributed by atoms with E-state index < -0.39 is 0 Å². The van der Waals surface area contributed by atoms with E-state index in [0.717, 1.165) is 60.3 Å². The molecule has 0 aromatic heterocycles. The van der Waals surface area contributed by atoms with Crippen LogP contribution in [0.15, 0.2) is 53.6 Å². The molecule has 0 saturated carbocycles. The zero-order valence-corrected chi connectivity index (χ0v) is 17.7. The summed E-state index contributed by atoms with van der Waals surface area (Å²) in [5.74, 6) is 0.657. The summed E-state index contributed by atoms with van der Waals surface area (Å²) in [5, 5.41) is 5.03. The van der Waals surface area contributed by atoms with E-state index in [1.807, 2.05) is 49.4 Å². The second kappa shape index (κ2) is 10.4. The van der Waals surface area contributed by atoms with Crippen LogP contribution in [0.2, 0.25) is 5.02 Å². The van der Waals surface area contributed by atoms with Gasteiger partial charge in [0, 0.05) is 43.3 Å². The second-order valence-corrected chi connectivity index (χ2v) is 7.52. The minimum Gasteiger partial charge on any atom is -0.497 e. The van der Waals surface area contributed by atoms with Gasteiger partial charge in [0.1, 0.15) is 5.75 Å². The lowest BCUT2D eigenvalue weighted by Gasteiger charge is -2.34. The average molecular weight is 415 g/mol. The van der Waals surface area contributed by atoms with E-state index in [4.69, 9.17) is 16.3 Å². The molecule has 1 aliphatic heterocycles. The van der Waals surface area contributed by atoms with Crippen molar-refractivity contribution in [2.75, 3.05) is 39.8 Å². The van der Waals surface area contributed by atoms with E-state index in [0.29, 0.717) is 6.54 Å². The monoisotopic (exact) mass is 414 g/mol. The van der Waals surface area contributed by atoms with Gasteiger partial charge in [0.15, 0.2) is 0 Å². The van der Waals surface area contributed by atoms with Crippen molar-refractivity contribution < 1.29 is 9.53 Å². The third-order valence-electron chi connectivity index (χ3n) is 5.02. The second-order valence-electron chi connectivity index (χ2n) is 7.11. The van der Waals surface area contributed by atoms with Crippen molar-refractivity contribution in [2.24, 2.45) is 5.10 Å². The Morgan fingerprint density at radius 3 is 2.55 bits per heavy atom. The first-order valence-electron chi connectivity index (χ1n) is 9.71. The van der Waals surface area contributed by atoms with Gasteiger partial charge in [-0.1, -0.05) is 41.9 Å². The predicted molar refractivity (Wildman–Crippen MR) is 117 cm³/mol. The Morgan fingerprint density at radius 2 is 1.83 bits per heavy atom. The van der Waals surface area contributed by atoms with Gasteiger partial charge in [-0.15, -0.1) is 0 Å². The summed E-state index contributed by atoms with van der Waals surface area (Å²) in [7, 11) is 1.63. The fraction of sp³-hybridized carbons (Fsp3) is 0.364. The van der Waals surface area contributed by atoms with Gasteiger partial charge in [-0.25, -0.2) is 5.43 Å². The van der Waals surface area contributed by atoms with Gasteiger partial charge in [0.25, 0.3) is 5.91 Å². The van der Waals surface area contributed by atoms with E-state index in [9.17, 15) is 4.79 Å². The highest BCUT2D eigenvalue weighted by molar-refractivity contribution is 6.31. The molecule has 0 unspecified atom stereocenters. The Balaban J connectivity index is 1.44. The summed E-state index contributed by atoms with van der Waals surface area (Å²) in [4.78, 5) is 16.8. The number of hydrazone groups is 1. The number of hydrogen-bond donors (Lipinski definition) is 1. The van der Waals surface area contributed by atoms with Crippen LogP contribution in [-0.4, -0.2) is 61.3 Å². The molecule has 1 amide bonds. The van der Waals surface area contributed by atoms with Crippen molar-refractivity contribution >= 4 is 23.2 Å². The molecule has 0 spiro atoms. The summed E-state index contributed by atoms with van der Waals surface area (Å²) >= 11 is 6.25. The van der Waals surface area contributed by atoms with Gasteiger partial charge in [0.2, 0.25) is 0 Å². The quantitative estimate of drug-likeness (QED) is 0.559. The Labute approximate surface area is 177 Å². The number of methoxy groups -OCH3 is 1. The summed E-state index contributed by atoms with van der Waals surface area (Å²) in [6.07, 6.45) is 0. The molecular weight excluding hydrogens is 388 g/mol. The molecule has 0 aliphatic carbocycles. The molecule has 7 heteroatoms. The highest BCUT2D eigenvalue weighted by Crippen LogP contribution is 2.18. The lowest BCUT2D eigenvalue weighted by atomic mass is 10.1. The van der Waals surface area contributed by atoms with E-state index >= 15 is 0 Å². The number of hydrogen-bond acceptors (Lipinski definition) is 5. The smallest absolute Gasteiger partial charge is 0.254 e. The van der Waals surface area contributed by atoms with Crippen molar-refractivity contribution in [3.63, 3.8) is 0 Å².